The summed E-state index contributed by atoms with van der Waals surface area (Å²) in [7, 11) is 0. The van der Waals surface area contributed by atoms with Crippen LogP contribution in [0.5, 0.6) is 0 Å². The van der Waals surface area contributed by atoms with Crippen LogP contribution >= 0.6 is 0 Å². The van der Waals surface area contributed by atoms with Crippen molar-refractivity contribution in [2.24, 2.45) is 0 Å². The van der Waals surface area contributed by atoms with Crippen LogP contribution in [0.2, 0.25) is 0 Å². The van der Waals surface area contributed by atoms with Crippen molar-refractivity contribution < 1.29 is 0 Å². The van der Waals surface area contributed by atoms with Crippen molar-refractivity contribution in [1.82, 2.24) is 4.98 Å². The minimum Gasteiger partial charge on any atom is -0.313 e. The van der Waals surface area contributed by atoms with Crippen molar-refractivity contribution in [3.05, 3.63) is 30.6 Å². The van der Waals surface area contributed by atoms with E-state index in [0.29, 0.717) is 0 Å². The number of rotatable bonds is 2. The van der Waals surface area contributed by atoms with Crippen LogP contribution in [0.25, 0.3) is 6.08 Å². The van der Waals surface area contributed by atoms with Crippen LogP contribution in [0.4, 0.5) is 5.69 Å². The smallest absolute Gasteiger partial charge is 0.0864 e. The molecule has 1 N–H and O–H groups in total. The Kier molecular flexibility index (Phi) is 2.29. The van der Waals surface area contributed by atoms with Gasteiger partial charge in [0.25, 0.3) is 0 Å². The summed E-state index contributed by atoms with van der Waals surface area (Å²) in [4.78, 5) is 4.04. The Morgan fingerprint density at radius 3 is 3.18 bits per heavy atom. The average Bonchev–Trinajstić information content (AvgIpc) is 2.06. The van der Waals surface area contributed by atoms with Gasteiger partial charge >= 0.3 is 0 Å². The van der Waals surface area contributed by atoms with Gasteiger partial charge < -0.3 is 5.32 Å². The highest BCUT2D eigenvalue weighted by atomic mass is 14.9. The number of aromatic nitrogens is 1. The van der Waals surface area contributed by atoms with E-state index < -0.39 is 0 Å². The summed E-state index contributed by atoms with van der Waals surface area (Å²) in [6.07, 6.45) is 8.41. The molecule has 1 rings (SSSR count). The molecule has 1 heterocycles. The van der Waals surface area contributed by atoms with Crippen molar-refractivity contribution in [3.63, 3.8) is 0 Å². The number of terminal acetylenes is 1. The zero-order valence-corrected chi connectivity index (χ0v) is 6.04. The Hall–Kier alpha value is -1.75. The van der Waals surface area contributed by atoms with Crippen LogP contribution in [0.3, 0.4) is 0 Å². The maximum atomic E-state index is 5.06. The van der Waals surface area contributed by atoms with Gasteiger partial charge in [-0.3, -0.25) is 4.98 Å². The SMILES string of the molecule is C#CNc1cccnc1C=C. The lowest BCUT2D eigenvalue weighted by Gasteiger charge is -2.00. The third-order valence-electron chi connectivity index (χ3n) is 1.24. The summed E-state index contributed by atoms with van der Waals surface area (Å²) in [6.45, 7) is 3.60. The molecule has 0 unspecified atom stereocenters. The highest BCUT2D eigenvalue weighted by Crippen LogP contribution is 2.11. The fourth-order valence-electron chi connectivity index (χ4n) is 0.764. The summed E-state index contributed by atoms with van der Waals surface area (Å²) in [5.41, 5.74) is 1.58. The molecule has 0 saturated heterocycles. The molecule has 0 spiro atoms. The quantitative estimate of drug-likeness (QED) is 0.505. The highest BCUT2D eigenvalue weighted by Gasteiger charge is 1.94. The number of pyridine rings is 1. The van der Waals surface area contributed by atoms with Gasteiger partial charge in [0.15, 0.2) is 0 Å². The molecule has 0 aromatic carbocycles. The first-order chi connectivity index (χ1) is 5.38. The van der Waals surface area contributed by atoms with Gasteiger partial charge in [-0.25, -0.2) is 0 Å². The number of nitrogens with zero attached hydrogens (tertiary/aromatic N) is 1. The molecule has 0 aliphatic heterocycles. The number of nitrogens with one attached hydrogen (secondary N) is 1. The Morgan fingerprint density at radius 2 is 2.55 bits per heavy atom. The van der Waals surface area contributed by atoms with E-state index in [0.717, 1.165) is 11.4 Å². The molecule has 54 valence electrons. The molecule has 0 bridgehead atoms. The highest BCUT2D eigenvalue weighted by molar-refractivity contribution is 5.63. The molecule has 0 aliphatic rings. The van der Waals surface area contributed by atoms with E-state index in [1.165, 1.54) is 0 Å². The van der Waals surface area contributed by atoms with Gasteiger partial charge in [-0.15, -0.1) is 0 Å². The molecule has 0 saturated carbocycles. The predicted octanol–water partition coefficient (Wildman–Crippen LogP) is 1.73. The zero-order valence-electron chi connectivity index (χ0n) is 6.04. The van der Waals surface area contributed by atoms with Gasteiger partial charge in [0.1, 0.15) is 0 Å². The Morgan fingerprint density at radius 1 is 1.73 bits per heavy atom. The summed E-state index contributed by atoms with van der Waals surface area (Å²) < 4.78 is 0. The Balaban J connectivity index is 3.04. The lowest BCUT2D eigenvalue weighted by Crippen LogP contribution is -1.91. The summed E-state index contributed by atoms with van der Waals surface area (Å²) in [5.74, 6) is 0. The lowest BCUT2D eigenvalue weighted by atomic mass is 10.3. The molecule has 0 radical (unpaired) electrons. The fourth-order valence-corrected chi connectivity index (χ4v) is 0.764. The Bertz CT molecular complexity index is 297. The van der Waals surface area contributed by atoms with Crippen LogP contribution in [-0.4, -0.2) is 4.98 Å². The third kappa shape index (κ3) is 1.59. The third-order valence-corrected chi connectivity index (χ3v) is 1.24. The van der Waals surface area contributed by atoms with E-state index >= 15 is 0 Å². The van der Waals surface area contributed by atoms with E-state index in [9.17, 15) is 0 Å². The number of anilines is 1. The second kappa shape index (κ2) is 3.43. The van der Waals surface area contributed by atoms with E-state index in [4.69, 9.17) is 6.42 Å². The first-order valence-electron chi connectivity index (χ1n) is 3.17. The molecule has 11 heavy (non-hydrogen) atoms. The van der Waals surface area contributed by atoms with Crippen molar-refractivity contribution in [2.45, 2.75) is 0 Å². The molecule has 0 amide bonds. The van der Waals surface area contributed by atoms with E-state index in [2.05, 4.69) is 22.9 Å². The topological polar surface area (TPSA) is 24.9 Å². The van der Waals surface area contributed by atoms with Gasteiger partial charge in [0.05, 0.1) is 11.4 Å². The minimum absolute atomic E-state index is 0.769. The van der Waals surface area contributed by atoms with Crippen LogP contribution in [-0.2, 0) is 0 Å². The lowest BCUT2D eigenvalue weighted by molar-refractivity contribution is 1.29. The van der Waals surface area contributed by atoms with Crippen molar-refractivity contribution in [3.8, 4) is 12.5 Å². The largest absolute Gasteiger partial charge is 0.313 e. The van der Waals surface area contributed by atoms with E-state index in [1.54, 1.807) is 12.3 Å². The second-order valence-corrected chi connectivity index (χ2v) is 1.91. The zero-order chi connectivity index (χ0) is 8.10. The summed E-state index contributed by atoms with van der Waals surface area (Å²) in [5, 5.41) is 2.72. The molecular weight excluding hydrogens is 136 g/mol. The number of hydrogen-bond acceptors (Lipinski definition) is 2. The molecule has 2 nitrogen and oxygen atoms in total. The summed E-state index contributed by atoms with van der Waals surface area (Å²) >= 11 is 0. The van der Waals surface area contributed by atoms with Crippen molar-refractivity contribution in [1.29, 1.82) is 0 Å². The predicted molar refractivity (Wildman–Crippen MR) is 46.8 cm³/mol. The molecule has 2 heteroatoms. The van der Waals surface area contributed by atoms with E-state index in [-0.39, 0.29) is 0 Å². The minimum atomic E-state index is 0.769. The maximum absolute atomic E-state index is 5.06. The molecule has 1 aromatic heterocycles. The molecule has 0 fully saturated rings. The summed E-state index contributed by atoms with van der Waals surface area (Å²) in [6, 6.07) is 5.98. The van der Waals surface area contributed by atoms with Crippen molar-refractivity contribution >= 4 is 11.8 Å². The molecular formula is C9H8N2. The van der Waals surface area contributed by atoms with Crippen LogP contribution < -0.4 is 5.32 Å². The molecule has 0 atom stereocenters. The van der Waals surface area contributed by atoms with Gasteiger partial charge in [0.2, 0.25) is 0 Å². The molecule has 1 aromatic rings. The van der Waals surface area contributed by atoms with Gasteiger partial charge in [-0.1, -0.05) is 13.0 Å². The van der Waals surface area contributed by atoms with Gasteiger partial charge in [0, 0.05) is 12.2 Å². The van der Waals surface area contributed by atoms with Crippen LogP contribution in [0.15, 0.2) is 24.9 Å². The van der Waals surface area contributed by atoms with E-state index in [1.807, 2.05) is 12.1 Å². The fraction of sp³-hybridized carbons (Fsp3) is 0. The maximum Gasteiger partial charge on any atom is 0.0864 e. The normalized spacial score (nSPS) is 8.27. The first-order valence-corrected chi connectivity index (χ1v) is 3.17. The second-order valence-electron chi connectivity index (χ2n) is 1.91. The monoisotopic (exact) mass is 144 g/mol. The number of hydrogen-bond donors (Lipinski definition) is 1. The average molecular weight is 144 g/mol. The van der Waals surface area contributed by atoms with Gasteiger partial charge in [-0.05, 0) is 18.2 Å². The van der Waals surface area contributed by atoms with Crippen LogP contribution in [0.1, 0.15) is 5.69 Å². The first kappa shape index (κ1) is 7.36. The van der Waals surface area contributed by atoms with Crippen LogP contribution in [0, 0.1) is 12.5 Å². The Labute approximate surface area is 66.0 Å². The van der Waals surface area contributed by atoms with Gasteiger partial charge in [-0.2, -0.15) is 0 Å². The van der Waals surface area contributed by atoms with Crippen molar-refractivity contribution in [2.75, 3.05) is 5.32 Å². The standard InChI is InChI=1S/C9H8N2/c1-3-8-9(10-4-2)6-5-7-11-8/h2-3,5-7,10H,1H2. The molecule has 0 aliphatic carbocycles.